The lowest BCUT2D eigenvalue weighted by atomic mass is 9.76. The maximum Gasteiger partial charge on any atom is 0.306 e. The molecule has 1 aliphatic carbocycles. The lowest BCUT2D eigenvalue weighted by Crippen LogP contribution is -2.21. The molecule has 2 heterocycles. The van der Waals surface area contributed by atoms with Crippen LogP contribution in [0.4, 0.5) is 0 Å². The van der Waals surface area contributed by atoms with Crippen molar-refractivity contribution >= 4 is 11.9 Å². The number of methoxy groups -OCH3 is 1. The van der Waals surface area contributed by atoms with E-state index < -0.39 is 17.9 Å². The van der Waals surface area contributed by atoms with Crippen molar-refractivity contribution in [3.8, 4) is 17.2 Å². The van der Waals surface area contributed by atoms with E-state index in [0.29, 0.717) is 17.2 Å². The number of carbonyl (C=O) groups is 2. The Kier molecular flexibility index (Phi) is 7.96. The molecule has 1 aliphatic heterocycles. The number of fused-ring (bicyclic) bond motifs is 2. The van der Waals surface area contributed by atoms with Gasteiger partial charge in [-0.3, -0.25) is 14.6 Å². The summed E-state index contributed by atoms with van der Waals surface area (Å²) in [5.41, 5.74) is 5.48. The van der Waals surface area contributed by atoms with Crippen LogP contribution in [0.15, 0.2) is 48.5 Å². The number of benzene rings is 2. The van der Waals surface area contributed by atoms with Crippen molar-refractivity contribution in [2.24, 2.45) is 11.8 Å². The molecule has 5 rings (SSSR count). The minimum Gasteiger partial charge on any atom is -0.497 e. The average Bonchev–Trinajstić information content (AvgIpc) is 3.53. The van der Waals surface area contributed by atoms with Gasteiger partial charge in [-0.05, 0) is 77.8 Å². The number of carboxylic acid groups (broad SMARTS) is 2. The summed E-state index contributed by atoms with van der Waals surface area (Å²) in [5.74, 6) is -1.41. The number of hydrogen-bond acceptors (Lipinski definition) is 6. The van der Waals surface area contributed by atoms with Gasteiger partial charge in [0.05, 0.1) is 25.1 Å². The van der Waals surface area contributed by atoms with Crippen molar-refractivity contribution in [1.29, 1.82) is 0 Å². The third-order valence-electron chi connectivity index (χ3n) is 8.09. The second kappa shape index (κ2) is 11.6. The van der Waals surface area contributed by atoms with Crippen LogP contribution in [0.2, 0.25) is 0 Å². The summed E-state index contributed by atoms with van der Waals surface area (Å²) >= 11 is 0. The average molecular weight is 546 g/mol. The van der Waals surface area contributed by atoms with Crippen LogP contribution in [-0.2, 0) is 22.4 Å². The van der Waals surface area contributed by atoms with Crippen molar-refractivity contribution in [3.05, 3.63) is 82.2 Å². The molecule has 0 unspecified atom stereocenters. The molecule has 0 bridgehead atoms. The number of pyridine rings is 1. The smallest absolute Gasteiger partial charge is 0.306 e. The molecule has 8 heteroatoms. The zero-order valence-electron chi connectivity index (χ0n) is 23.1. The number of aliphatic carboxylic acids is 2. The summed E-state index contributed by atoms with van der Waals surface area (Å²) in [5, 5.41) is 19.8. The van der Waals surface area contributed by atoms with E-state index in [1.807, 2.05) is 36.4 Å². The molecule has 1 aromatic heterocycles. The van der Waals surface area contributed by atoms with E-state index in [1.54, 1.807) is 14.0 Å². The highest BCUT2D eigenvalue weighted by molar-refractivity contribution is 5.71. The minimum absolute atomic E-state index is 0.0790. The molecule has 2 aromatic carbocycles. The van der Waals surface area contributed by atoms with Gasteiger partial charge in [-0.1, -0.05) is 38.5 Å². The van der Waals surface area contributed by atoms with E-state index in [9.17, 15) is 19.8 Å². The van der Waals surface area contributed by atoms with Gasteiger partial charge in [0.2, 0.25) is 6.79 Å². The molecule has 2 aliphatic rings. The van der Waals surface area contributed by atoms with E-state index in [0.717, 1.165) is 52.9 Å². The highest BCUT2D eigenvalue weighted by Crippen LogP contribution is 2.55. The standard InChI is InChI=1S/C32H35NO7/c1-4-5-6-21-8-10-24-29(19-7-12-26-27(15-19)40-17-39-26)25(16-28(34)35)30(31(24)33-21)23-11-9-22(38-3)14-20(23)13-18(2)32(36)37/h7-12,14-15,18,25,29-30H,4-6,13,16-17H2,1-3H3,(H,34,35)(H,36,37)/t18-,25+,29-,30-/m1/s1. The highest BCUT2D eigenvalue weighted by atomic mass is 16.7. The van der Waals surface area contributed by atoms with E-state index in [4.69, 9.17) is 19.2 Å². The molecule has 40 heavy (non-hydrogen) atoms. The molecule has 3 aromatic rings. The van der Waals surface area contributed by atoms with Gasteiger partial charge in [0.15, 0.2) is 11.5 Å². The van der Waals surface area contributed by atoms with Crippen molar-refractivity contribution in [1.82, 2.24) is 4.98 Å². The number of unbranched alkanes of at least 4 members (excludes halogenated alkanes) is 1. The number of ether oxygens (including phenoxy) is 3. The zero-order chi connectivity index (χ0) is 28.4. The van der Waals surface area contributed by atoms with Crippen LogP contribution in [0, 0.1) is 11.8 Å². The number of nitrogens with zero attached hydrogens (tertiary/aromatic N) is 1. The van der Waals surface area contributed by atoms with E-state index in [2.05, 4.69) is 19.1 Å². The van der Waals surface area contributed by atoms with Crippen LogP contribution >= 0.6 is 0 Å². The maximum absolute atomic E-state index is 12.3. The molecule has 0 spiro atoms. The van der Waals surface area contributed by atoms with Crippen molar-refractivity contribution in [2.75, 3.05) is 13.9 Å². The molecule has 0 amide bonds. The fourth-order valence-corrected chi connectivity index (χ4v) is 6.12. The lowest BCUT2D eigenvalue weighted by Gasteiger charge is -2.27. The highest BCUT2D eigenvalue weighted by Gasteiger charge is 2.45. The third-order valence-corrected chi connectivity index (χ3v) is 8.09. The molecule has 8 nitrogen and oxygen atoms in total. The molecule has 210 valence electrons. The molecule has 4 atom stereocenters. The largest absolute Gasteiger partial charge is 0.497 e. The van der Waals surface area contributed by atoms with Crippen LogP contribution in [-0.4, -0.2) is 41.0 Å². The summed E-state index contributed by atoms with van der Waals surface area (Å²) in [6.45, 7) is 3.97. The predicted molar refractivity (Wildman–Crippen MR) is 148 cm³/mol. The molecule has 0 saturated heterocycles. The molecular weight excluding hydrogens is 510 g/mol. The lowest BCUT2D eigenvalue weighted by molar-refractivity contribution is -0.141. The monoisotopic (exact) mass is 545 g/mol. The normalized spacial score (nSPS) is 19.7. The molecule has 2 N–H and O–H groups in total. The number of rotatable bonds is 11. The summed E-state index contributed by atoms with van der Waals surface area (Å²) in [4.78, 5) is 29.3. The van der Waals surface area contributed by atoms with Gasteiger partial charge in [-0.25, -0.2) is 0 Å². The predicted octanol–water partition coefficient (Wildman–Crippen LogP) is 5.79. The van der Waals surface area contributed by atoms with Crippen LogP contribution in [0.25, 0.3) is 0 Å². The van der Waals surface area contributed by atoms with Gasteiger partial charge in [0.25, 0.3) is 0 Å². The van der Waals surface area contributed by atoms with E-state index >= 15 is 0 Å². The van der Waals surface area contributed by atoms with Crippen LogP contribution in [0.5, 0.6) is 17.2 Å². The van der Waals surface area contributed by atoms with Crippen LogP contribution in [0.3, 0.4) is 0 Å². The van der Waals surface area contributed by atoms with Gasteiger partial charge in [0.1, 0.15) is 5.75 Å². The van der Waals surface area contributed by atoms with Crippen molar-refractivity contribution in [2.45, 2.75) is 57.8 Å². The fraction of sp³-hybridized carbons (Fsp3) is 0.406. The van der Waals surface area contributed by atoms with Gasteiger partial charge >= 0.3 is 11.9 Å². The van der Waals surface area contributed by atoms with Crippen LogP contribution < -0.4 is 14.2 Å². The molecular formula is C32H35NO7. The minimum atomic E-state index is -0.895. The summed E-state index contributed by atoms with van der Waals surface area (Å²) in [7, 11) is 1.58. The molecule has 0 radical (unpaired) electrons. The second-order valence-corrected chi connectivity index (χ2v) is 10.7. The Morgan fingerprint density at radius 2 is 1.80 bits per heavy atom. The Morgan fingerprint density at radius 1 is 1.02 bits per heavy atom. The topological polar surface area (TPSA) is 115 Å². The Bertz CT molecular complexity index is 1420. The Balaban J connectivity index is 1.70. The fourth-order valence-electron chi connectivity index (χ4n) is 6.12. The number of aryl methyl sites for hydroxylation is 1. The first-order chi connectivity index (χ1) is 19.3. The molecule has 0 saturated carbocycles. The Hall–Kier alpha value is -4.07. The van der Waals surface area contributed by atoms with Gasteiger partial charge < -0.3 is 24.4 Å². The van der Waals surface area contributed by atoms with Gasteiger partial charge in [-0.2, -0.15) is 0 Å². The first-order valence-corrected chi connectivity index (χ1v) is 13.8. The quantitative estimate of drug-likeness (QED) is 0.311. The van der Waals surface area contributed by atoms with E-state index in [1.165, 1.54) is 0 Å². The number of carboxylic acids is 2. The van der Waals surface area contributed by atoms with Crippen LogP contribution in [0.1, 0.15) is 78.6 Å². The summed E-state index contributed by atoms with van der Waals surface area (Å²) in [6, 6.07) is 15.6. The zero-order valence-corrected chi connectivity index (χ0v) is 23.1. The molecule has 0 fully saturated rings. The number of aromatic nitrogens is 1. The summed E-state index contributed by atoms with van der Waals surface area (Å²) < 4.78 is 16.7. The van der Waals surface area contributed by atoms with Gasteiger partial charge in [-0.15, -0.1) is 0 Å². The number of hydrogen-bond donors (Lipinski definition) is 2. The Morgan fingerprint density at radius 3 is 2.52 bits per heavy atom. The summed E-state index contributed by atoms with van der Waals surface area (Å²) in [6.07, 6.45) is 3.09. The first-order valence-electron chi connectivity index (χ1n) is 13.8. The second-order valence-electron chi connectivity index (χ2n) is 10.7. The first kappa shape index (κ1) is 27.5. The SMILES string of the molecule is CCCCc1ccc2c(n1)[C@H](c1ccc(OC)cc1C[C@@H](C)C(=O)O)[C@@H](CC(=O)O)[C@@H]2c1ccc2c(c1)OCO2. The van der Waals surface area contributed by atoms with Crippen molar-refractivity contribution in [3.63, 3.8) is 0 Å². The maximum atomic E-state index is 12.3. The van der Waals surface area contributed by atoms with E-state index in [-0.39, 0.29) is 37.4 Å². The Labute approximate surface area is 233 Å². The van der Waals surface area contributed by atoms with Gasteiger partial charge in [0, 0.05) is 17.5 Å². The third kappa shape index (κ3) is 5.35. The van der Waals surface area contributed by atoms with Crippen molar-refractivity contribution < 1.29 is 34.0 Å².